The molecule has 9 heteroatoms. The first-order chi connectivity index (χ1) is 13.4. The van der Waals surface area contributed by atoms with Gasteiger partial charge in [0, 0.05) is 10.3 Å². The lowest BCUT2D eigenvalue weighted by Crippen LogP contribution is -2.70. The molecule has 2 amide bonds. The molecule has 3 aliphatic rings. The van der Waals surface area contributed by atoms with Gasteiger partial charge in [-0.25, -0.2) is 4.79 Å². The molecule has 2 fully saturated rings. The van der Waals surface area contributed by atoms with Gasteiger partial charge < -0.3 is 20.1 Å². The number of hydrogen-bond acceptors (Lipinski definition) is 6. The van der Waals surface area contributed by atoms with Crippen LogP contribution in [0, 0.1) is 0 Å². The minimum atomic E-state index is -1.06. The molecule has 0 unspecified atom stereocenters. The molecular weight excluding hydrogens is 396 g/mol. The van der Waals surface area contributed by atoms with Crippen molar-refractivity contribution < 1.29 is 29.0 Å². The van der Waals surface area contributed by atoms with Crippen molar-refractivity contribution in [2.75, 3.05) is 0 Å². The number of ether oxygens (including phenoxy) is 1. The van der Waals surface area contributed by atoms with Crippen molar-refractivity contribution in [3.05, 3.63) is 29.3 Å². The molecule has 8 nitrogen and oxygen atoms in total. The molecule has 0 saturated carbocycles. The van der Waals surface area contributed by atoms with E-state index in [0.29, 0.717) is 11.3 Å². The number of thioether (sulfide) groups is 1. The standard InChI is InChI=1S/C20H22N2O6S/c1-19(2)8-11(23)10-7-9(5-6-12(10)28-19)15(24)21-13-16(25)22-14(18(26)27)20(3,4)29-17(13)22/h5-7,13-14,17H,8H2,1-4H3,(H,21,24)(H,26,27)/t13-,14+,17-/m1/s1. The first-order valence-corrected chi connectivity index (χ1v) is 10.2. The van der Waals surface area contributed by atoms with Crippen molar-refractivity contribution in [1.29, 1.82) is 0 Å². The topological polar surface area (TPSA) is 113 Å². The number of amides is 2. The van der Waals surface area contributed by atoms with Crippen LogP contribution in [-0.2, 0) is 9.59 Å². The summed E-state index contributed by atoms with van der Waals surface area (Å²) in [5.74, 6) is -1.62. The largest absolute Gasteiger partial charge is 0.487 e. The average Bonchev–Trinajstić information content (AvgIpc) is 2.86. The third-order valence-electron chi connectivity index (χ3n) is 5.48. The summed E-state index contributed by atoms with van der Waals surface area (Å²) < 4.78 is 5.14. The number of carbonyl (C=O) groups excluding carboxylic acids is 3. The van der Waals surface area contributed by atoms with Crippen molar-refractivity contribution in [3.8, 4) is 5.75 Å². The van der Waals surface area contributed by atoms with Crippen LogP contribution in [-0.4, -0.2) is 61.4 Å². The van der Waals surface area contributed by atoms with Crippen LogP contribution in [0.1, 0.15) is 54.8 Å². The molecule has 4 rings (SSSR count). The van der Waals surface area contributed by atoms with Gasteiger partial charge >= 0.3 is 5.97 Å². The Bertz CT molecular complexity index is 956. The minimum Gasteiger partial charge on any atom is -0.487 e. The Kier molecular flexibility index (Phi) is 4.24. The van der Waals surface area contributed by atoms with E-state index in [0.717, 1.165) is 0 Å². The van der Waals surface area contributed by atoms with Crippen LogP contribution >= 0.6 is 11.8 Å². The summed E-state index contributed by atoms with van der Waals surface area (Å²) in [6.45, 7) is 7.20. The molecule has 3 aliphatic heterocycles. The molecule has 0 radical (unpaired) electrons. The summed E-state index contributed by atoms with van der Waals surface area (Å²) in [6, 6.07) is 2.90. The van der Waals surface area contributed by atoms with Crippen LogP contribution in [0.15, 0.2) is 18.2 Å². The quantitative estimate of drug-likeness (QED) is 0.718. The zero-order valence-electron chi connectivity index (χ0n) is 16.5. The predicted molar refractivity (Wildman–Crippen MR) is 105 cm³/mol. The lowest BCUT2D eigenvalue weighted by molar-refractivity contribution is -0.159. The second-order valence-electron chi connectivity index (χ2n) is 8.72. The number of nitrogens with one attached hydrogen (secondary N) is 1. The van der Waals surface area contributed by atoms with E-state index in [1.54, 1.807) is 26.0 Å². The third kappa shape index (κ3) is 3.08. The fourth-order valence-corrected chi connectivity index (χ4v) is 5.79. The summed E-state index contributed by atoms with van der Waals surface area (Å²) in [4.78, 5) is 50.6. The summed E-state index contributed by atoms with van der Waals surface area (Å²) in [5.41, 5.74) is 0.00704. The van der Waals surface area contributed by atoms with Gasteiger partial charge in [0.15, 0.2) is 5.78 Å². The Balaban J connectivity index is 1.52. The van der Waals surface area contributed by atoms with Gasteiger partial charge in [0.25, 0.3) is 5.91 Å². The molecule has 0 bridgehead atoms. The lowest BCUT2D eigenvalue weighted by Gasteiger charge is -2.43. The van der Waals surface area contributed by atoms with E-state index in [9.17, 15) is 24.3 Å². The first kappa shape index (κ1) is 19.8. The molecule has 1 aromatic rings. The van der Waals surface area contributed by atoms with Gasteiger partial charge in [-0.3, -0.25) is 14.4 Å². The molecule has 3 atom stereocenters. The van der Waals surface area contributed by atoms with Crippen molar-refractivity contribution >= 4 is 35.3 Å². The molecule has 2 saturated heterocycles. The van der Waals surface area contributed by atoms with Gasteiger partial charge in [0.1, 0.15) is 28.8 Å². The maximum absolute atomic E-state index is 12.7. The maximum Gasteiger partial charge on any atom is 0.327 e. The molecule has 0 aromatic heterocycles. The van der Waals surface area contributed by atoms with Crippen molar-refractivity contribution in [1.82, 2.24) is 10.2 Å². The molecule has 29 heavy (non-hydrogen) atoms. The maximum atomic E-state index is 12.7. The highest BCUT2D eigenvalue weighted by molar-refractivity contribution is 8.01. The monoisotopic (exact) mass is 418 g/mol. The normalized spacial score (nSPS) is 28.7. The van der Waals surface area contributed by atoms with Crippen molar-refractivity contribution in [2.24, 2.45) is 0 Å². The number of nitrogens with zero attached hydrogens (tertiary/aromatic N) is 1. The van der Waals surface area contributed by atoms with Crippen LogP contribution < -0.4 is 10.1 Å². The lowest BCUT2D eigenvalue weighted by atomic mass is 9.92. The molecule has 2 N–H and O–H groups in total. The van der Waals surface area contributed by atoms with Crippen molar-refractivity contribution in [2.45, 2.75) is 61.9 Å². The Morgan fingerprint density at radius 2 is 1.93 bits per heavy atom. The van der Waals surface area contributed by atoms with E-state index < -0.39 is 45.6 Å². The highest BCUT2D eigenvalue weighted by Crippen LogP contribution is 2.50. The number of aliphatic carboxylic acids is 1. The van der Waals surface area contributed by atoms with E-state index in [1.807, 2.05) is 13.8 Å². The van der Waals surface area contributed by atoms with Crippen molar-refractivity contribution in [3.63, 3.8) is 0 Å². The second-order valence-corrected chi connectivity index (χ2v) is 10.5. The fourth-order valence-electron chi connectivity index (χ4n) is 4.16. The molecular formula is C20H22N2O6S. The molecule has 3 heterocycles. The van der Waals surface area contributed by atoms with Crippen LogP contribution in [0.5, 0.6) is 5.75 Å². The number of carboxylic acid groups (broad SMARTS) is 1. The zero-order chi connectivity index (χ0) is 21.3. The fraction of sp³-hybridized carbons (Fsp3) is 0.500. The number of ketones is 1. The number of benzene rings is 1. The Morgan fingerprint density at radius 3 is 2.59 bits per heavy atom. The van der Waals surface area contributed by atoms with Crippen LogP contribution in [0.3, 0.4) is 0 Å². The Hall–Kier alpha value is -2.55. The number of β-lactam (4-membered cyclic amide) rings is 1. The highest BCUT2D eigenvalue weighted by atomic mass is 32.2. The first-order valence-electron chi connectivity index (χ1n) is 9.31. The number of carbonyl (C=O) groups is 4. The summed E-state index contributed by atoms with van der Waals surface area (Å²) in [6.07, 6.45) is 0.214. The smallest absolute Gasteiger partial charge is 0.327 e. The van der Waals surface area contributed by atoms with E-state index >= 15 is 0 Å². The molecule has 1 aromatic carbocycles. The van der Waals surface area contributed by atoms with Gasteiger partial charge in [-0.1, -0.05) is 0 Å². The van der Waals surface area contributed by atoms with Gasteiger partial charge in [-0.15, -0.1) is 11.8 Å². The molecule has 0 spiro atoms. The highest BCUT2D eigenvalue weighted by Gasteiger charge is 2.64. The summed E-state index contributed by atoms with van der Waals surface area (Å²) in [5, 5.41) is 11.7. The number of hydrogen-bond donors (Lipinski definition) is 2. The summed E-state index contributed by atoms with van der Waals surface area (Å²) in [7, 11) is 0. The van der Waals surface area contributed by atoms with E-state index in [-0.39, 0.29) is 17.8 Å². The van der Waals surface area contributed by atoms with Crippen LogP contribution in [0.4, 0.5) is 0 Å². The van der Waals surface area contributed by atoms with Gasteiger partial charge in [0.2, 0.25) is 5.91 Å². The molecule has 154 valence electrons. The van der Waals surface area contributed by atoms with Gasteiger partial charge in [-0.05, 0) is 45.9 Å². The summed E-state index contributed by atoms with van der Waals surface area (Å²) >= 11 is 1.36. The van der Waals surface area contributed by atoms with Gasteiger partial charge in [-0.2, -0.15) is 0 Å². The van der Waals surface area contributed by atoms with E-state index in [2.05, 4.69) is 5.32 Å². The van der Waals surface area contributed by atoms with Gasteiger partial charge in [0.05, 0.1) is 12.0 Å². The SMILES string of the molecule is CC1(C)CC(=O)c2cc(C(=O)N[C@@H]3C(=O)N4[C@@H]3SC(C)(C)[C@@H]4C(=O)O)ccc2O1. The Morgan fingerprint density at radius 1 is 1.24 bits per heavy atom. The van der Waals surface area contributed by atoms with Crippen LogP contribution in [0.2, 0.25) is 0 Å². The predicted octanol–water partition coefficient (Wildman–Crippen LogP) is 1.68. The average molecular weight is 418 g/mol. The number of rotatable bonds is 3. The zero-order valence-corrected chi connectivity index (χ0v) is 17.3. The number of fused-ring (bicyclic) bond motifs is 2. The number of Topliss-reactive ketones (excluding diaryl/α,β-unsaturated/α-hetero) is 1. The third-order valence-corrected chi connectivity index (χ3v) is 7.05. The van der Waals surface area contributed by atoms with Crippen LogP contribution in [0.25, 0.3) is 0 Å². The van der Waals surface area contributed by atoms with E-state index in [1.165, 1.54) is 22.7 Å². The number of carboxylic acids is 1. The second kappa shape index (κ2) is 6.22. The molecule has 0 aliphatic carbocycles. The minimum absolute atomic E-state index is 0.103. The van der Waals surface area contributed by atoms with E-state index in [4.69, 9.17) is 4.74 Å². The Labute approximate surface area is 172 Å².